The van der Waals surface area contributed by atoms with Crippen molar-refractivity contribution >= 4 is 54.2 Å². The van der Waals surface area contributed by atoms with Crippen LogP contribution in [0.25, 0.3) is 20.2 Å². The Kier molecular flexibility index (Phi) is 2.76. The molecule has 0 aliphatic heterocycles. The molecule has 0 atom stereocenters. The van der Waals surface area contributed by atoms with Crippen LogP contribution in [0.2, 0.25) is 0 Å². The molecule has 0 fully saturated rings. The minimum Gasteiger partial charge on any atom is -0.345 e. The molecule has 4 aromatic rings. The predicted octanol–water partition coefficient (Wildman–Crippen LogP) is 5.88. The standard InChI is InChI=1S/C17H13NS2/c1-18(14-2-4-16-12(10-14)6-8-19-16)15-3-5-17-13(11-15)7-9-20-17/h2-11H,1H3. The third-order valence-corrected chi connectivity index (χ3v) is 5.44. The summed E-state index contributed by atoms with van der Waals surface area (Å²) in [5.74, 6) is 0. The quantitative estimate of drug-likeness (QED) is 0.446. The van der Waals surface area contributed by atoms with Gasteiger partial charge in [-0.1, -0.05) is 0 Å². The molecule has 98 valence electrons. The van der Waals surface area contributed by atoms with Gasteiger partial charge in [-0.25, -0.2) is 0 Å². The lowest BCUT2D eigenvalue weighted by atomic mass is 10.2. The van der Waals surface area contributed by atoms with Crippen LogP contribution >= 0.6 is 22.7 Å². The number of thiophene rings is 2. The van der Waals surface area contributed by atoms with E-state index in [2.05, 4.69) is 71.2 Å². The highest BCUT2D eigenvalue weighted by Gasteiger charge is 2.06. The third kappa shape index (κ3) is 1.90. The molecule has 20 heavy (non-hydrogen) atoms. The summed E-state index contributed by atoms with van der Waals surface area (Å²) in [4.78, 5) is 2.24. The number of anilines is 2. The van der Waals surface area contributed by atoms with Crippen molar-refractivity contribution in [1.29, 1.82) is 0 Å². The van der Waals surface area contributed by atoms with Crippen LogP contribution in [0.15, 0.2) is 59.3 Å². The molecule has 0 radical (unpaired) electrons. The molecule has 2 heterocycles. The number of rotatable bonds is 2. The summed E-state index contributed by atoms with van der Waals surface area (Å²) < 4.78 is 2.69. The van der Waals surface area contributed by atoms with Gasteiger partial charge >= 0.3 is 0 Å². The molecule has 4 rings (SSSR count). The van der Waals surface area contributed by atoms with Gasteiger partial charge < -0.3 is 4.90 Å². The van der Waals surface area contributed by atoms with Gasteiger partial charge in [0.05, 0.1) is 0 Å². The largest absolute Gasteiger partial charge is 0.345 e. The summed E-state index contributed by atoms with van der Waals surface area (Å²) >= 11 is 3.58. The fourth-order valence-corrected chi connectivity index (χ4v) is 4.02. The van der Waals surface area contributed by atoms with Crippen LogP contribution in [-0.2, 0) is 0 Å². The van der Waals surface area contributed by atoms with Gasteiger partial charge in [-0.15, -0.1) is 22.7 Å². The van der Waals surface area contributed by atoms with E-state index in [9.17, 15) is 0 Å². The van der Waals surface area contributed by atoms with Gasteiger partial charge in [-0.2, -0.15) is 0 Å². The van der Waals surface area contributed by atoms with Gasteiger partial charge in [0.2, 0.25) is 0 Å². The zero-order valence-corrected chi connectivity index (χ0v) is 12.7. The predicted molar refractivity (Wildman–Crippen MR) is 91.7 cm³/mol. The summed E-state index contributed by atoms with van der Waals surface area (Å²) in [6, 6.07) is 17.7. The van der Waals surface area contributed by atoms with E-state index in [4.69, 9.17) is 0 Å². The van der Waals surface area contributed by atoms with Crippen molar-refractivity contribution in [3.05, 3.63) is 59.3 Å². The van der Waals surface area contributed by atoms with Crippen molar-refractivity contribution in [1.82, 2.24) is 0 Å². The molecule has 0 bridgehead atoms. The van der Waals surface area contributed by atoms with E-state index >= 15 is 0 Å². The first-order valence-corrected chi connectivity index (χ1v) is 8.25. The van der Waals surface area contributed by atoms with Crippen molar-refractivity contribution in [2.75, 3.05) is 11.9 Å². The lowest BCUT2D eigenvalue weighted by Crippen LogP contribution is -2.08. The lowest BCUT2D eigenvalue weighted by Gasteiger charge is -2.19. The maximum Gasteiger partial charge on any atom is 0.0415 e. The van der Waals surface area contributed by atoms with Gasteiger partial charge in [-0.3, -0.25) is 0 Å². The average molecular weight is 295 g/mol. The molecule has 2 aromatic heterocycles. The van der Waals surface area contributed by atoms with Gasteiger partial charge in [0.25, 0.3) is 0 Å². The molecule has 0 saturated carbocycles. The number of fused-ring (bicyclic) bond motifs is 2. The van der Waals surface area contributed by atoms with E-state index in [-0.39, 0.29) is 0 Å². The SMILES string of the molecule is CN(c1ccc2sccc2c1)c1ccc2sccc2c1. The van der Waals surface area contributed by atoms with Crippen LogP contribution in [-0.4, -0.2) is 7.05 Å². The Labute approximate surface area is 125 Å². The monoisotopic (exact) mass is 295 g/mol. The number of hydrogen-bond donors (Lipinski definition) is 0. The van der Waals surface area contributed by atoms with Gasteiger partial charge in [-0.05, 0) is 70.1 Å². The van der Waals surface area contributed by atoms with Crippen molar-refractivity contribution in [3.8, 4) is 0 Å². The minimum atomic E-state index is 1.23. The van der Waals surface area contributed by atoms with Gasteiger partial charge in [0, 0.05) is 27.8 Å². The molecule has 0 N–H and O–H groups in total. The zero-order valence-electron chi connectivity index (χ0n) is 11.0. The Morgan fingerprint density at radius 1 is 0.700 bits per heavy atom. The fourth-order valence-electron chi connectivity index (χ4n) is 2.47. The van der Waals surface area contributed by atoms with Crippen molar-refractivity contribution in [2.45, 2.75) is 0 Å². The Morgan fingerprint density at radius 2 is 1.20 bits per heavy atom. The number of benzene rings is 2. The first-order valence-electron chi connectivity index (χ1n) is 6.49. The van der Waals surface area contributed by atoms with Crippen LogP contribution < -0.4 is 4.90 Å². The Hall–Kier alpha value is -1.84. The first kappa shape index (κ1) is 11.9. The summed E-state index contributed by atoms with van der Waals surface area (Å²) in [6.45, 7) is 0. The Bertz CT molecular complexity index is 814. The Balaban J connectivity index is 1.79. The highest BCUT2D eigenvalue weighted by Crippen LogP contribution is 2.32. The van der Waals surface area contributed by atoms with Crippen molar-refractivity contribution in [2.24, 2.45) is 0 Å². The van der Waals surface area contributed by atoms with Crippen molar-refractivity contribution in [3.63, 3.8) is 0 Å². The molecule has 0 spiro atoms. The number of hydrogen-bond acceptors (Lipinski definition) is 3. The van der Waals surface area contributed by atoms with Gasteiger partial charge in [0.15, 0.2) is 0 Å². The molecule has 0 aliphatic rings. The second-order valence-corrected chi connectivity index (χ2v) is 6.74. The van der Waals surface area contributed by atoms with Crippen LogP contribution in [0.5, 0.6) is 0 Å². The number of nitrogens with zero attached hydrogens (tertiary/aromatic N) is 1. The molecular weight excluding hydrogens is 282 g/mol. The first-order chi connectivity index (χ1) is 9.81. The highest BCUT2D eigenvalue weighted by molar-refractivity contribution is 7.17. The molecule has 0 amide bonds. The smallest absolute Gasteiger partial charge is 0.0415 e. The zero-order chi connectivity index (χ0) is 13.5. The van der Waals surface area contributed by atoms with E-state index in [0.29, 0.717) is 0 Å². The van der Waals surface area contributed by atoms with Crippen LogP contribution in [0.4, 0.5) is 11.4 Å². The second-order valence-electron chi connectivity index (χ2n) is 4.84. The van der Waals surface area contributed by atoms with E-state index in [0.717, 1.165) is 0 Å². The molecular formula is C17H13NS2. The summed E-state index contributed by atoms with van der Waals surface area (Å²) in [5, 5.41) is 6.92. The lowest BCUT2D eigenvalue weighted by molar-refractivity contribution is 1.22. The van der Waals surface area contributed by atoms with Gasteiger partial charge in [0.1, 0.15) is 0 Å². The summed E-state index contributed by atoms with van der Waals surface area (Å²) in [5.41, 5.74) is 2.45. The van der Waals surface area contributed by atoms with E-state index in [1.165, 1.54) is 31.5 Å². The highest BCUT2D eigenvalue weighted by atomic mass is 32.1. The Morgan fingerprint density at radius 3 is 1.70 bits per heavy atom. The molecule has 0 unspecified atom stereocenters. The summed E-state index contributed by atoms with van der Waals surface area (Å²) in [6.07, 6.45) is 0. The van der Waals surface area contributed by atoms with Crippen molar-refractivity contribution < 1.29 is 0 Å². The van der Waals surface area contributed by atoms with E-state index < -0.39 is 0 Å². The summed E-state index contributed by atoms with van der Waals surface area (Å²) in [7, 11) is 2.13. The molecule has 0 saturated heterocycles. The third-order valence-electron chi connectivity index (χ3n) is 3.65. The second kappa shape index (κ2) is 4.62. The van der Waals surface area contributed by atoms with Crippen LogP contribution in [0, 0.1) is 0 Å². The normalized spacial score (nSPS) is 11.2. The minimum absolute atomic E-state index is 1.23. The fraction of sp³-hybridized carbons (Fsp3) is 0.0588. The maximum atomic E-state index is 2.25. The molecule has 2 aromatic carbocycles. The van der Waals surface area contributed by atoms with Crippen LogP contribution in [0.3, 0.4) is 0 Å². The molecule has 1 nitrogen and oxygen atoms in total. The average Bonchev–Trinajstić information content (AvgIpc) is 3.13. The van der Waals surface area contributed by atoms with Crippen LogP contribution in [0.1, 0.15) is 0 Å². The molecule has 0 aliphatic carbocycles. The maximum absolute atomic E-state index is 2.25. The molecule has 3 heteroatoms. The van der Waals surface area contributed by atoms with E-state index in [1.54, 1.807) is 22.7 Å². The topological polar surface area (TPSA) is 3.24 Å². The van der Waals surface area contributed by atoms with E-state index in [1.807, 2.05) is 0 Å².